The monoisotopic (exact) mass is 350 g/mol. The third-order valence-corrected chi connectivity index (χ3v) is 3.92. The Morgan fingerprint density at radius 3 is 2.76 bits per heavy atom. The lowest BCUT2D eigenvalue weighted by atomic mass is 10.2. The van der Waals surface area contributed by atoms with Crippen molar-refractivity contribution < 1.29 is 23.0 Å². The van der Waals surface area contributed by atoms with E-state index in [1.54, 1.807) is 22.8 Å². The van der Waals surface area contributed by atoms with Crippen molar-refractivity contribution in [3.05, 3.63) is 41.9 Å². The number of aliphatic hydroxyl groups excluding tert-OH is 1. The Morgan fingerprint density at radius 1 is 1.24 bits per heavy atom. The maximum absolute atomic E-state index is 13.0. The van der Waals surface area contributed by atoms with Crippen molar-refractivity contribution in [2.45, 2.75) is 25.9 Å². The number of anilines is 1. The first-order chi connectivity index (χ1) is 11.9. The molecular weight excluding hydrogens is 337 g/mol. The fourth-order valence-corrected chi connectivity index (χ4v) is 2.82. The Bertz CT molecular complexity index is 968. The molecule has 3 heterocycles. The van der Waals surface area contributed by atoms with Crippen molar-refractivity contribution in [2.75, 3.05) is 5.32 Å². The van der Waals surface area contributed by atoms with E-state index >= 15 is 0 Å². The van der Waals surface area contributed by atoms with Gasteiger partial charge in [0, 0.05) is 12.5 Å². The number of aryl methyl sites for hydroxylation is 1. The van der Waals surface area contributed by atoms with Crippen LogP contribution in [0, 0.1) is 0 Å². The van der Waals surface area contributed by atoms with Gasteiger partial charge in [0.2, 0.25) is 0 Å². The smallest absolute Gasteiger partial charge is 0.433 e. The van der Waals surface area contributed by atoms with Gasteiger partial charge in [-0.15, -0.1) is 0 Å². The van der Waals surface area contributed by atoms with Crippen molar-refractivity contribution in [2.24, 2.45) is 0 Å². The lowest BCUT2D eigenvalue weighted by molar-refractivity contribution is -0.141. The second-order valence-electron chi connectivity index (χ2n) is 5.55. The molecule has 130 valence electrons. The van der Waals surface area contributed by atoms with E-state index in [0.29, 0.717) is 34.9 Å². The molecule has 0 saturated carbocycles. The number of aromatic nitrogens is 3. The van der Waals surface area contributed by atoms with E-state index in [-0.39, 0.29) is 5.65 Å². The fraction of sp³-hybridized carbons (Fsp3) is 0.250. The van der Waals surface area contributed by atoms with Crippen LogP contribution in [0.15, 0.2) is 30.3 Å². The van der Waals surface area contributed by atoms with Gasteiger partial charge in [-0.3, -0.25) is 4.57 Å². The van der Waals surface area contributed by atoms with E-state index in [9.17, 15) is 18.3 Å². The Hall–Kier alpha value is -2.81. The van der Waals surface area contributed by atoms with Crippen LogP contribution in [0.1, 0.15) is 18.4 Å². The molecule has 1 unspecified atom stereocenters. The van der Waals surface area contributed by atoms with E-state index in [4.69, 9.17) is 4.74 Å². The lowest BCUT2D eigenvalue weighted by Crippen LogP contribution is -2.17. The summed E-state index contributed by atoms with van der Waals surface area (Å²) in [4.78, 5) is 8.14. The quantitative estimate of drug-likeness (QED) is 0.743. The molecule has 0 aliphatic carbocycles. The Labute approximate surface area is 139 Å². The van der Waals surface area contributed by atoms with Gasteiger partial charge in [0.15, 0.2) is 5.65 Å². The summed E-state index contributed by atoms with van der Waals surface area (Å²) in [7, 11) is 0. The summed E-state index contributed by atoms with van der Waals surface area (Å²) in [5.41, 5.74) is 0.685. The maximum atomic E-state index is 13.0. The van der Waals surface area contributed by atoms with E-state index in [0.717, 1.165) is 6.07 Å². The van der Waals surface area contributed by atoms with Gasteiger partial charge < -0.3 is 15.2 Å². The molecule has 2 N–H and O–H groups in total. The molecule has 1 aliphatic heterocycles. The van der Waals surface area contributed by atoms with Crippen molar-refractivity contribution in [1.82, 2.24) is 14.5 Å². The summed E-state index contributed by atoms with van der Waals surface area (Å²) in [6.45, 7) is 1.86. The predicted molar refractivity (Wildman–Crippen MR) is 83.5 cm³/mol. The second kappa shape index (κ2) is 5.35. The van der Waals surface area contributed by atoms with Gasteiger partial charge in [-0.05, 0) is 24.3 Å². The number of hydrogen-bond acceptors (Lipinski definition) is 5. The van der Waals surface area contributed by atoms with E-state index < -0.39 is 18.3 Å². The summed E-state index contributed by atoms with van der Waals surface area (Å²) >= 11 is 0. The molecule has 4 rings (SSSR count). The molecule has 0 amide bonds. The molecule has 3 aromatic rings. The number of halogens is 3. The summed E-state index contributed by atoms with van der Waals surface area (Å²) < 4.78 is 45.8. The van der Waals surface area contributed by atoms with Crippen molar-refractivity contribution >= 4 is 16.9 Å². The minimum Gasteiger partial charge on any atom is -0.445 e. The molecule has 25 heavy (non-hydrogen) atoms. The molecule has 0 saturated heterocycles. The van der Waals surface area contributed by atoms with Crippen LogP contribution in [0.5, 0.6) is 5.75 Å². The number of ether oxygens (including phenoxy) is 1. The van der Waals surface area contributed by atoms with Gasteiger partial charge in [-0.25, -0.2) is 9.97 Å². The van der Waals surface area contributed by atoms with Crippen LogP contribution in [0.2, 0.25) is 0 Å². The maximum Gasteiger partial charge on any atom is 0.433 e. The number of alkyl halides is 3. The fourth-order valence-electron chi connectivity index (χ4n) is 2.82. The predicted octanol–water partition coefficient (Wildman–Crippen LogP) is 3.08. The van der Waals surface area contributed by atoms with E-state index in [1.807, 2.05) is 6.92 Å². The van der Waals surface area contributed by atoms with Gasteiger partial charge in [-0.2, -0.15) is 13.2 Å². The SMILES string of the molecule is CCc1nc2ccc(C(F)(F)F)nc2n1-c1ccc2c(c1)OC(O)N2. The van der Waals surface area contributed by atoms with Gasteiger partial charge >= 0.3 is 6.18 Å². The molecule has 9 heteroatoms. The van der Waals surface area contributed by atoms with Crippen LogP contribution < -0.4 is 10.1 Å². The molecule has 0 fully saturated rings. The first kappa shape index (κ1) is 15.7. The zero-order chi connectivity index (χ0) is 17.8. The van der Waals surface area contributed by atoms with Crippen LogP contribution in [0.4, 0.5) is 18.9 Å². The molecule has 1 aromatic carbocycles. The third kappa shape index (κ3) is 2.56. The zero-order valence-corrected chi connectivity index (χ0v) is 13.0. The normalized spacial score (nSPS) is 16.6. The molecule has 1 atom stereocenters. The molecule has 1 aliphatic rings. The minimum absolute atomic E-state index is 0.123. The third-order valence-electron chi connectivity index (χ3n) is 3.92. The number of benzene rings is 1. The lowest BCUT2D eigenvalue weighted by Gasteiger charge is -2.10. The van der Waals surface area contributed by atoms with E-state index in [1.165, 1.54) is 6.07 Å². The first-order valence-electron chi connectivity index (χ1n) is 7.58. The summed E-state index contributed by atoms with van der Waals surface area (Å²) in [5, 5.41) is 12.2. The highest BCUT2D eigenvalue weighted by molar-refractivity contribution is 5.75. The summed E-state index contributed by atoms with van der Waals surface area (Å²) in [6.07, 6.45) is -5.17. The van der Waals surface area contributed by atoms with Crippen molar-refractivity contribution in [3.8, 4) is 11.4 Å². The molecular formula is C16H13F3N4O2. The van der Waals surface area contributed by atoms with Crippen LogP contribution >= 0.6 is 0 Å². The largest absolute Gasteiger partial charge is 0.445 e. The number of aliphatic hydroxyl groups is 1. The van der Waals surface area contributed by atoms with Crippen LogP contribution in [0.25, 0.3) is 16.9 Å². The Morgan fingerprint density at radius 2 is 2.04 bits per heavy atom. The van der Waals surface area contributed by atoms with Gasteiger partial charge in [-0.1, -0.05) is 6.92 Å². The first-order valence-corrected chi connectivity index (χ1v) is 7.58. The Balaban J connectivity index is 1.92. The Kier molecular flexibility index (Phi) is 3.36. The number of nitrogens with zero attached hydrogens (tertiary/aromatic N) is 3. The minimum atomic E-state index is -4.54. The van der Waals surface area contributed by atoms with Gasteiger partial charge in [0.05, 0.1) is 11.4 Å². The number of fused-ring (bicyclic) bond motifs is 2. The van der Waals surface area contributed by atoms with Crippen molar-refractivity contribution in [3.63, 3.8) is 0 Å². The van der Waals surface area contributed by atoms with Crippen LogP contribution in [-0.4, -0.2) is 26.1 Å². The number of rotatable bonds is 2. The highest BCUT2D eigenvalue weighted by Crippen LogP contribution is 2.35. The molecule has 0 bridgehead atoms. The van der Waals surface area contributed by atoms with E-state index in [2.05, 4.69) is 15.3 Å². The number of pyridine rings is 1. The van der Waals surface area contributed by atoms with Crippen molar-refractivity contribution in [1.29, 1.82) is 0 Å². The zero-order valence-electron chi connectivity index (χ0n) is 13.0. The molecule has 2 aromatic heterocycles. The van der Waals surface area contributed by atoms with Gasteiger partial charge in [0.25, 0.3) is 6.41 Å². The number of hydrogen-bond donors (Lipinski definition) is 2. The summed E-state index contributed by atoms with van der Waals surface area (Å²) in [5.74, 6) is 0.981. The second-order valence-corrected chi connectivity index (χ2v) is 5.55. The number of nitrogens with one attached hydrogen (secondary N) is 1. The van der Waals surface area contributed by atoms with Crippen LogP contribution in [-0.2, 0) is 12.6 Å². The highest BCUT2D eigenvalue weighted by atomic mass is 19.4. The average molecular weight is 350 g/mol. The molecule has 0 radical (unpaired) electrons. The van der Waals surface area contributed by atoms with Gasteiger partial charge in [0.1, 0.15) is 22.8 Å². The number of imidazole rings is 1. The highest BCUT2D eigenvalue weighted by Gasteiger charge is 2.33. The molecule has 0 spiro atoms. The molecule has 6 nitrogen and oxygen atoms in total. The summed E-state index contributed by atoms with van der Waals surface area (Å²) in [6, 6.07) is 7.25. The standard InChI is InChI=1S/C16H13F3N4O2/c1-2-13-20-10-5-6-12(16(17,18)19)22-14(10)23(13)8-3-4-9-11(7-8)25-15(24)21-9/h3-7,15,21,24H,2H2,1H3. The topological polar surface area (TPSA) is 72.2 Å². The van der Waals surface area contributed by atoms with Crippen LogP contribution in [0.3, 0.4) is 0 Å². The average Bonchev–Trinajstić information content (AvgIpc) is 3.11.